The summed E-state index contributed by atoms with van der Waals surface area (Å²) >= 11 is 0. The molecule has 2 heterocycles. The van der Waals surface area contributed by atoms with E-state index >= 15 is 0 Å². The van der Waals surface area contributed by atoms with E-state index in [1.807, 2.05) is 42.5 Å². The number of pyridine rings is 2. The average molecular weight is 303 g/mol. The average Bonchev–Trinajstić information content (AvgIpc) is 2.64. The van der Waals surface area contributed by atoms with Crippen LogP contribution >= 0.6 is 0 Å². The van der Waals surface area contributed by atoms with Gasteiger partial charge in [-0.15, -0.1) is 0 Å². The van der Waals surface area contributed by atoms with E-state index in [2.05, 4.69) is 15.1 Å². The molecule has 0 saturated heterocycles. The van der Waals surface area contributed by atoms with E-state index in [4.69, 9.17) is 4.84 Å². The van der Waals surface area contributed by atoms with Crippen molar-refractivity contribution < 1.29 is 9.63 Å². The highest BCUT2D eigenvalue weighted by molar-refractivity contribution is 6.11. The molecular weight excluding hydrogens is 290 g/mol. The molecular formula is C18H13N3O2. The van der Waals surface area contributed by atoms with Crippen LogP contribution in [0.5, 0.6) is 0 Å². The molecule has 112 valence electrons. The lowest BCUT2D eigenvalue weighted by Gasteiger charge is -2.05. The smallest absolute Gasteiger partial charge is 0.310 e. The van der Waals surface area contributed by atoms with Gasteiger partial charge in [0, 0.05) is 18.0 Å². The van der Waals surface area contributed by atoms with Crippen molar-refractivity contribution in [3.05, 3.63) is 96.1 Å². The topological polar surface area (TPSA) is 64.4 Å². The molecule has 0 atom stereocenters. The van der Waals surface area contributed by atoms with Gasteiger partial charge in [0.25, 0.3) is 0 Å². The Morgan fingerprint density at radius 1 is 0.783 bits per heavy atom. The van der Waals surface area contributed by atoms with E-state index in [1.54, 1.807) is 30.5 Å². The monoisotopic (exact) mass is 303 g/mol. The number of hydrogen-bond acceptors (Lipinski definition) is 5. The molecule has 3 aromatic rings. The van der Waals surface area contributed by atoms with Gasteiger partial charge in [-0.1, -0.05) is 47.6 Å². The molecule has 2 aromatic heterocycles. The van der Waals surface area contributed by atoms with Gasteiger partial charge in [-0.2, -0.15) is 0 Å². The summed E-state index contributed by atoms with van der Waals surface area (Å²) in [6.07, 6.45) is 3.19. The Kier molecular flexibility index (Phi) is 4.49. The molecule has 5 nitrogen and oxygen atoms in total. The molecule has 0 unspecified atom stereocenters. The minimum atomic E-state index is -0.616. The van der Waals surface area contributed by atoms with Crippen molar-refractivity contribution in [2.24, 2.45) is 5.16 Å². The Bertz CT molecular complexity index is 762. The maximum atomic E-state index is 12.0. The van der Waals surface area contributed by atoms with Crippen LogP contribution in [-0.2, 0) is 4.84 Å². The number of aromatic nitrogens is 2. The summed E-state index contributed by atoms with van der Waals surface area (Å²) in [5.41, 5.74) is 2.10. The molecule has 23 heavy (non-hydrogen) atoms. The number of hydrogen-bond donors (Lipinski definition) is 0. The van der Waals surface area contributed by atoms with Crippen LogP contribution in [0.2, 0.25) is 0 Å². The predicted octanol–water partition coefficient (Wildman–Crippen LogP) is 3.09. The first kappa shape index (κ1) is 14.6. The Morgan fingerprint density at radius 3 is 2.00 bits per heavy atom. The molecule has 0 amide bonds. The van der Waals surface area contributed by atoms with Gasteiger partial charge in [0.05, 0.1) is 5.69 Å². The van der Waals surface area contributed by atoms with Gasteiger partial charge in [0.1, 0.15) is 5.71 Å². The van der Waals surface area contributed by atoms with Gasteiger partial charge < -0.3 is 4.84 Å². The standard InChI is InChI=1S/C18H13N3O2/c22-18(16-11-5-7-13-20-16)23-21-17(14-8-2-1-3-9-14)15-10-4-6-12-19-15/h1-13H/b21-17+. The summed E-state index contributed by atoms with van der Waals surface area (Å²) in [4.78, 5) is 25.3. The fourth-order valence-electron chi connectivity index (χ4n) is 1.96. The number of carbonyl (C=O) groups is 1. The highest BCUT2D eigenvalue weighted by Gasteiger charge is 2.12. The summed E-state index contributed by atoms with van der Waals surface area (Å²) in [6, 6.07) is 19.9. The van der Waals surface area contributed by atoms with E-state index in [1.165, 1.54) is 6.20 Å². The normalized spacial score (nSPS) is 11.0. The van der Waals surface area contributed by atoms with Crippen LogP contribution in [0.1, 0.15) is 21.7 Å². The summed E-state index contributed by atoms with van der Waals surface area (Å²) in [6.45, 7) is 0. The van der Waals surface area contributed by atoms with Crippen molar-refractivity contribution in [3.8, 4) is 0 Å². The lowest BCUT2D eigenvalue weighted by Crippen LogP contribution is -2.10. The molecule has 3 rings (SSSR count). The SMILES string of the molecule is O=C(O/N=C(\c1ccccc1)c1ccccn1)c1ccccn1. The first-order valence-electron chi connectivity index (χ1n) is 7.02. The number of nitrogens with zero attached hydrogens (tertiary/aromatic N) is 3. The summed E-state index contributed by atoms with van der Waals surface area (Å²) in [5.74, 6) is -0.616. The third-order valence-corrected chi connectivity index (χ3v) is 3.05. The molecule has 0 saturated carbocycles. The van der Waals surface area contributed by atoms with E-state index < -0.39 is 5.97 Å². The second-order valence-electron chi connectivity index (χ2n) is 4.61. The van der Waals surface area contributed by atoms with Crippen LogP contribution in [0.15, 0.2) is 84.3 Å². The summed E-state index contributed by atoms with van der Waals surface area (Å²) in [7, 11) is 0. The highest BCUT2D eigenvalue weighted by Crippen LogP contribution is 2.10. The Labute approximate surface area is 133 Å². The zero-order chi connectivity index (χ0) is 15.9. The lowest BCUT2D eigenvalue weighted by atomic mass is 10.1. The molecule has 0 radical (unpaired) electrons. The third kappa shape index (κ3) is 3.65. The predicted molar refractivity (Wildman–Crippen MR) is 86.0 cm³/mol. The molecule has 0 spiro atoms. The van der Waals surface area contributed by atoms with Crippen molar-refractivity contribution >= 4 is 11.7 Å². The third-order valence-electron chi connectivity index (χ3n) is 3.05. The van der Waals surface area contributed by atoms with Crippen LogP contribution in [0.4, 0.5) is 0 Å². The van der Waals surface area contributed by atoms with Gasteiger partial charge in [-0.25, -0.2) is 9.78 Å². The highest BCUT2D eigenvalue weighted by atomic mass is 16.7. The zero-order valence-corrected chi connectivity index (χ0v) is 12.2. The molecule has 0 fully saturated rings. The van der Waals surface area contributed by atoms with Crippen molar-refractivity contribution in [2.75, 3.05) is 0 Å². The van der Waals surface area contributed by atoms with Crippen LogP contribution in [0.25, 0.3) is 0 Å². The zero-order valence-electron chi connectivity index (χ0n) is 12.2. The number of oxime groups is 1. The number of benzene rings is 1. The Morgan fingerprint density at radius 2 is 1.39 bits per heavy atom. The summed E-state index contributed by atoms with van der Waals surface area (Å²) < 4.78 is 0. The van der Waals surface area contributed by atoms with E-state index in [0.717, 1.165) is 5.56 Å². The molecule has 0 bridgehead atoms. The van der Waals surface area contributed by atoms with Gasteiger partial charge in [0.15, 0.2) is 5.69 Å². The van der Waals surface area contributed by atoms with E-state index in [-0.39, 0.29) is 5.69 Å². The second kappa shape index (κ2) is 7.09. The largest absolute Gasteiger partial charge is 0.383 e. The van der Waals surface area contributed by atoms with Gasteiger partial charge in [-0.05, 0) is 24.3 Å². The first-order chi connectivity index (χ1) is 11.3. The minimum Gasteiger partial charge on any atom is -0.310 e. The van der Waals surface area contributed by atoms with Crippen molar-refractivity contribution in [3.63, 3.8) is 0 Å². The maximum Gasteiger partial charge on any atom is 0.383 e. The molecule has 1 aromatic carbocycles. The van der Waals surface area contributed by atoms with Crippen molar-refractivity contribution in [2.45, 2.75) is 0 Å². The fourth-order valence-corrected chi connectivity index (χ4v) is 1.96. The first-order valence-corrected chi connectivity index (χ1v) is 7.02. The molecule has 0 aliphatic rings. The van der Waals surface area contributed by atoms with E-state index in [0.29, 0.717) is 11.4 Å². The van der Waals surface area contributed by atoms with Gasteiger partial charge in [-0.3, -0.25) is 4.98 Å². The number of carbonyl (C=O) groups excluding carboxylic acids is 1. The van der Waals surface area contributed by atoms with Gasteiger partial charge in [0.2, 0.25) is 0 Å². The van der Waals surface area contributed by atoms with Crippen molar-refractivity contribution in [1.82, 2.24) is 9.97 Å². The Hall–Kier alpha value is -3.34. The molecule has 0 aliphatic carbocycles. The van der Waals surface area contributed by atoms with Crippen LogP contribution in [0.3, 0.4) is 0 Å². The number of rotatable bonds is 4. The second-order valence-corrected chi connectivity index (χ2v) is 4.61. The molecule has 0 aliphatic heterocycles. The molecule has 0 N–H and O–H groups in total. The van der Waals surface area contributed by atoms with Crippen LogP contribution in [-0.4, -0.2) is 21.6 Å². The maximum absolute atomic E-state index is 12.0. The quantitative estimate of drug-likeness (QED) is 0.422. The molecule has 5 heteroatoms. The Balaban J connectivity index is 1.91. The van der Waals surface area contributed by atoms with E-state index in [9.17, 15) is 4.79 Å². The van der Waals surface area contributed by atoms with Crippen molar-refractivity contribution in [1.29, 1.82) is 0 Å². The minimum absolute atomic E-state index is 0.199. The van der Waals surface area contributed by atoms with Gasteiger partial charge >= 0.3 is 5.97 Å². The van der Waals surface area contributed by atoms with Crippen LogP contribution < -0.4 is 0 Å². The summed E-state index contributed by atoms with van der Waals surface area (Å²) in [5, 5.41) is 4.01. The van der Waals surface area contributed by atoms with Crippen LogP contribution in [0, 0.1) is 0 Å². The fraction of sp³-hybridized carbons (Fsp3) is 0. The lowest BCUT2D eigenvalue weighted by molar-refractivity contribution is 0.0510.